The predicted octanol–water partition coefficient (Wildman–Crippen LogP) is 3.20. The number of methoxy groups -OCH3 is 1. The standard InChI is InChI=1S/C14H17ClN4O/c1-8-9(10-12(20-5)17-7-6-16-10)18-13(14(2,3)4)19-11(8)15/h6-7H,1-5H3. The summed E-state index contributed by atoms with van der Waals surface area (Å²) in [5.74, 6) is 1.08. The zero-order valence-electron chi connectivity index (χ0n) is 12.2. The van der Waals surface area contributed by atoms with E-state index in [4.69, 9.17) is 16.3 Å². The van der Waals surface area contributed by atoms with E-state index < -0.39 is 0 Å². The average molecular weight is 293 g/mol. The second-order valence-electron chi connectivity index (χ2n) is 5.48. The molecule has 0 atom stereocenters. The van der Waals surface area contributed by atoms with Crippen molar-refractivity contribution in [3.05, 3.63) is 28.9 Å². The maximum Gasteiger partial charge on any atom is 0.241 e. The van der Waals surface area contributed by atoms with Crippen molar-refractivity contribution in [2.75, 3.05) is 7.11 Å². The molecule has 0 unspecified atom stereocenters. The molecule has 0 aliphatic carbocycles. The summed E-state index contributed by atoms with van der Waals surface area (Å²) in [6.07, 6.45) is 3.18. The van der Waals surface area contributed by atoms with Crippen LogP contribution in [-0.2, 0) is 5.41 Å². The minimum absolute atomic E-state index is 0.207. The Morgan fingerprint density at radius 3 is 2.30 bits per heavy atom. The lowest BCUT2D eigenvalue weighted by Crippen LogP contribution is -2.17. The lowest BCUT2D eigenvalue weighted by molar-refractivity contribution is 0.397. The van der Waals surface area contributed by atoms with Crippen LogP contribution in [0.5, 0.6) is 5.88 Å². The van der Waals surface area contributed by atoms with Crippen LogP contribution in [-0.4, -0.2) is 27.0 Å². The molecule has 0 aliphatic heterocycles. The van der Waals surface area contributed by atoms with E-state index in [1.165, 1.54) is 0 Å². The highest BCUT2D eigenvalue weighted by molar-refractivity contribution is 6.30. The molecule has 0 aliphatic rings. The molecular formula is C14H17ClN4O. The summed E-state index contributed by atoms with van der Waals surface area (Å²) >= 11 is 6.23. The Kier molecular flexibility index (Phi) is 3.90. The molecule has 0 saturated carbocycles. The summed E-state index contributed by atoms with van der Waals surface area (Å²) in [5, 5.41) is 0.424. The first-order chi connectivity index (χ1) is 9.34. The fourth-order valence-electron chi connectivity index (χ4n) is 1.69. The molecule has 0 fully saturated rings. The molecule has 5 nitrogen and oxygen atoms in total. The molecule has 106 valence electrons. The van der Waals surface area contributed by atoms with Crippen molar-refractivity contribution < 1.29 is 4.74 Å². The van der Waals surface area contributed by atoms with Gasteiger partial charge in [0, 0.05) is 23.4 Å². The van der Waals surface area contributed by atoms with Gasteiger partial charge in [-0.05, 0) is 6.92 Å². The number of rotatable bonds is 2. The monoisotopic (exact) mass is 292 g/mol. The summed E-state index contributed by atoms with van der Waals surface area (Å²) in [6, 6.07) is 0. The van der Waals surface area contributed by atoms with Crippen molar-refractivity contribution >= 4 is 11.6 Å². The SMILES string of the molecule is COc1nccnc1-c1nc(C(C)(C)C)nc(Cl)c1C. The molecule has 0 saturated heterocycles. The highest BCUT2D eigenvalue weighted by Crippen LogP contribution is 2.31. The van der Waals surface area contributed by atoms with E-state index in [1.807, 2.05) is 27.7 Å². The zero-order valence-corrected chi connectivity index (χ0v) is 13.0. The van der Waals surface area contributed by atoms with Crippen LogP contribution in [0, 0.1) is 6.92 Å². The van der Waals surface area contributed by atoms with Gasteiger partial charge in [-0.2, -0.15) is 0 Å². The van der Waals surface area contributed by atoms with E-state index in [0.29, 0.717) is 28.2 Å². The summed E-state index contributed by atoms with van der Waals surface area (Å²) in [7, 11) is 1.55. The Labute approximate surface area is 123 Å². The fraction of sp³-hybridized carbons (Fsp3) is 0.429. The van der Waals surface area contributed by atoms with E-state index in [9.17, 15) is 0 Å². The van der Waals surface area contributed by atoms with Crippen molar-refractivity contribution in [3.8, 4) is 17.3 Å². The molecule has 0 N–H and O–H groups in total. The molecule has 2 heterocycles. The third-order valence-electron chi connectivity index (χ3n) is 2.84. The lowest BCUT2D eigenvalue weighted by Gasteiger charge is -2.19. The quantitative estimate of drug-likeness (QED) is 0.796. The Morgan fingerprint density at radius 1 is 1.05 bits per heavy atom. The second-order valence-corrected chi connectivity index (χ2v) is 5.83. The van der Waals surface area contributed by atoms with Crippen molar-refractivity contribution in [2.45, 2.75) is 33.1 Å². The second kappa shape index (κ2) is 5.32. The van der Waals surface area contributed by atoms with Crippen LogP contribution in [0.3, 0.4) is 0 Å². The molecule has 20 heavy (non-hydrogen) atoms. The predicted molar refractivity (Wildman–Crippen MR) is 78.1 cm³/mol. The van der Waals surface area contributed by atoms with E-state index >= 15 is 0 Å². The summed E-state index contributed by atoms with van der Waals surface area (Å²) in [5.41, 5.74) is 1.78. The number of halogens is 1. The minimum atomic E-state index is -0.207. The van der Waals surface area contributed by atoms with E-state index in [2.05, 4.69) is 19.9 Å². The van der Waals surface area contributed by atoms with E-state index in [0.717, 1.165) is 5.56 Å². The van der Waals surface area contributed by atoms with Gasteiger partial charge < -0.3 is 4.74 Å². The molecule has 0 amide bonds. The molecule has 0 aromatic carbocycles. The van der Waals surface area contributed by atoms with Gasteiger partial charge in [-0.15, -0.1) is 0 Å². The summed E-state index contributed by atoms with van der Waals surface area (Å²) < 4.78 is 5.24. The van der Waals surface area contributed by atoms with Gasteiger partial charge >= 0.3 is 0 Å². The van der Waals surface area contributed by atoms with Crippen LogP contribution in [0.4, 0.5) is 0 Å². The van der Waals surface area contributed by atoms with Crippen LogP contribution < -0.4 is 4.74 Å². The van der Waals surface area contributed by atoms with Crippen LogP contribution in [0.1, 0.15) is 32.2 Å². The number of hydrogen-bond acceptors (Lipinski definition) is 5. The Hall–Kier alpha value is -1.75. The van der Waals surface area contributed by atoms with Gasteiger partial charge in [-0.3, -0.25) is 0 Å². The van der Waals surface area contributed by atoms with Gasteiger partial charge in [-0.25, -0.2) is 19.9 Å². The van der Waals surface area contributed by atoms with Crippen molar-refractivity contribution in [2.24, 2.45) is 0 Å². The van der Waals surface area contributed by atoms with Gasteiger partial charge in [0.25, 0.3) is 0 Å². The smallest absolute Gasteiger partial charge is 0.241 e. The largest absolute Gasteiger partial charge is 0.479 e. The van der Waals surface area contributed by atoms with E-state index in [-0.39, 0.29) is 5.41 Å². The van der Waals surface area contributed by atoms with Crippen LogP contribution >= 0.6 is 11.6 Å². The first-order valence-corrected chi connectivity index (χ1v) is 6.62. The fourth-order valence-corrected chi connectivity index (χ4v) is 1.86. The molecule has 2 aromatic heterocycles. The van der Waals surface area contributed by atoms with Gasteiger partial charge in [0.1, 0.15) is 16.7 Å². The van der Waals surface area contributed by atoms with Crippen LogP contribution in [0.15, 0.2) is 12.4 Å². The van der Waals surface area contributed by atoms with Gasteiger partial charge in [0.15, 0.2) is 5.69 Å². The first kappa shape index (κ1) is 14.7. The zero-order chi connectivity index (χ0) is 14.9. The highest BCUT2D eigenvalue weighted by atomic mass is 35.5. The normalized spacial score (nSPS) is 11.5. The van der Waals surface area contributed by atoms with E-state index in [1.54, 1.807) is 19.5 Å². The molecule has 6 heteroatoms. The van der Waals surface area contributed by atoms with Crippen LogP contribution in [0.2, 0.25) is 5.15 Å². The number of hydrogen-bond donors (Lipinski definition) is 0. The molecule has 0 spiro atoms. The topological polar surface area (TPSA) is 60.8 Å². The maximum absolute atomic E-state index is 6.23. The van der Waals surface area contributed by atoms with Crippen molar-refractivity contribution in [1.29, 1.82) is 0 Å². The minimum Gasteiger partial charge on any atom is -0.479 e. The first-order valence-electron chi connectivity index (χ1n) is 6.24. The Morgan fingerprint density at radius 2 is 1.70 bits per heavy atom. The molecule has 2 aromatic rings. The third kappa shape index (κ3) is 2.72. The number of aromatic nitrogens is 4. The Balaban J connectivity index is 2.70. The highest BCUT2D eigenvalue weighted by Gasteiger charge is 2.23. The average Bonchev–Trinajstić information content (AvgIpc) is 2.40. The van der Waals surface area contributed by atoms with Gasteiger partial charge in [0.05, 0.1) is 7.11 Å². The van der Waals surface area contributed by atoms with Gasteiger partial charge in [-0.1, -0.05) is 32.4 Å². The summed E-state index contributed by atoms with van der Waals surface area (Å²) in [6.45, 7) is 7.96. The molecule has 2 rings (SSSR count). The number of nitrogens with zero attached hydrogens (tertiary/aromatic N) is 4. The van der Waals surface area contributed by atoms with Gasteiger partial charge in [0.2, 0.25) is 5.88 Å². The lowest BCUT2D eigenvalue weighted by atomic mass is 9.95. The van der Waals surface area contributed by atoms with Crippen LogP contribution in [0.25, 0.3) is 11.4 Å². The molecular weight excluding hydrogens is 276 g/mol. The van der Waals surface area contributed by atoms with Crippen molar-refractivity contribution in [1.82, 2.24) is 19.9 Å². The third-order valence-corrected chi connectivity index (χ3v) is 3.21. The molecule has 0 radical (unpaired) electrons. The maximum atomic E-state index is 6.23. The Bertz CT molecular complexity index is 638. The summed E-state index contributed by atoms with van der Waals surface area (Å²) in [4.78, 5) is 17.4. The number of ether oxygens (including phenoxy) is 1. The molecule has 0 bridgehead atoms. The van der Waals surface area contributed by atoms with Crippen molar-refractivity contribution in [3.63, 3.8) is 0 Å².